The molecule has 0 saturated carbocycles. The zero-order valence-corrected chi connectivity index (χ0v) is 11.8. The van der Waals surface area contributed by atoms with E-state index in [-0.39, 0.29) is 0 Å². The molecular weight excluding hydrogens is 214 g/mol. The Morgan fingerprint density at radius 3 is 2.53 bits per heavy atom. The van der Waals surface area contributed by atoms with Crippen LogP contribution in [0.2, 0.25) is 0 Å². The summed E-state index contributed by atoms with van der Waals surface area (Å²) >= 11 is 0. The van der Waals surface area contributed by atoms with Crippen molar-refractivity contribution >= 4 is 5.95 Å². The molecule has 0 spiro atoms. The SMILES string of the molecule is COCC(C)n1cc(C)nc1NC(C)C(C)C. The third-order valence-corrected chi connectivity index (χ3v) is 3.09. The number of nitrogens with one attached hydrogen (secondary N) is 1. The summed E-state index contributed by atoms with van der Waals surface area (Å²) in [6.45, 7) is 11.4. The number of ether oxygens (including phenoxy) is 1. The van der Waals surface area contributed by atoms with Crippen molar-refractivity contribution in [1.29, 1.82) is 0 Å². The largest absolute Gasteiger partial charge is 0.383 e. The van der Waals surface area contributed by atoms with Crippen LogP contribution in [-0.2, 0) is 4.74 Å². The van der Waals surface area contributed by atoms with Crippen LogP contribution >= 0.6 is 0 Å². The Balaban J connectivity index is 2.84. The maximum absolute atomic E-state index is 5.20. The van der Waals surface area contributed by atoms with Crippen LogP contribution in [-0.4, -0.2) is 29.3 Å². The maximum Gasteiger partial charge on any atom is 0.203 e. The van der Waals surface area contributed by atoms with E-state index in [4.69, 9.17) is 4.74 Å². The van der Waals surface area contributed by atoms with Crippen molar-refractivity contribution in [3.05, 3.63) is 11.9 Å². The molecule has 0 aromatic carbocycles. The Morgan fingerprint density at radius 2 is 2.00 bits per heavy atom. The average molecular weight is 239 g/mol. The second-order valence-corrected chi connectivity index (χ2v) is 5.09. The van der Waals surface area contributed by atoms with Crippen molar-refractivity contribution in [2.75, 3.05) is 19.0 Å². The third-order valence-electron chi connectivity index (χ3n) is 3.09. The van der Waals surface area contributed by atoms with Crippen LogP contribution in [0.25, 0.3) is 0 Å². The van der Waals surface area contributed by atoms with Crippen LogP contribution in [0.5, 0.6) is 0 Å². The number of hydrogen-bond acceptors (Lipinski definition) is 3. The lowest BCUT2D eigenvalue weighted by atomic mass is 10.1. The summed E-state index contributed by atoms with van der Waals surface area (Å²) in [7, 11) is 1.73. The first-order valence-electron chi connectivity index (χ1n) is 6.26. The smallest absolute Gasteiger partial charge is 0.203 e. The fourth-order valence-corrected chi connectivity index (χ4v) is 1.65. The number of imidazole rings is 1. The summed E-state index contributed by atoms with van der Waals surface area (Å²) in [6, 6.07) is 0.702. The number of anilines is 1. The van der Waals surface area contributed by atoms with Gasteiger partial charge in [-0.15, -0.1) is 0 Å². The van der Waals surface area contributed by atoms with E-state index in [1.54, 1.807) is 7.11 Å². The van der Waals surface area contributed by atoms with E-state index in [0.717, 1.165) is 11.6 Å². The summed E-state index contributed by atoms with van der Waals surface area (Å²) in [5.41, 5.74) is 1.03. The molecule has 1 rings (SSSR count). The molecule has 2 unspecified atom stereocenters. The third kappa shape index (κ3) is 3.73. The van der Waals surface area contributed by atoms with Crippen LogP contribution in [0.1, 0.15) is 39.4 Å². The summed E-state index contributed by atoms with van der Waals surface area (Å²) in [5.74, 6) is 1.52. The predicted octanol–water partition coefficient (Wildman–Crippen LogP) is 2.86. The number of methoxy groups -OCH3 is 1. The molecule has 4 heteroatoms. The van der Waals surface area contributed by atoms with E-state index in [9.17, 15) is 0 Å². The van der Waals surface area contributed by atoms with Gasteiger partial charge in [-0.2, -0.15) is 0 Å². The van der Waals surface area contributed by atoms with Gasteiger partial charge in [0.1, 0.15) is 0 Å². The molecule has 1 heterocycles. The Labute approximate surface area is 104 Å². The van der Waals surface area contributed by atoms with Crippen molar-refractivity contribution in [1.82, 2.24) is 9.55 Å². The van der Waals surface area contributed by atoms with Gasteiger partial charge in [-0.25, -0.2) is 4.98 Å². The Hall–Kier alpha value is -1.03. The van der Waals surface area contributed by atoms with Gasteiger partial charge in [0, 0.05) is 19.3 Å². The van der Waals surface area contributed by atoms with Gasteiger partial charge in [-0.1, -0.05) is 13.8 Å². The second-order valence-electron chi connectivity index (χ2n) is 5.09. The summed E-state index contributed by atoms with van der Waals surface area (Å²) < 4.78 is 7.35. The highest BCUT2D eigenvalue weighted by atomic mass is 16.5. The Bertz CT molecular complexity index is 346. The first-order valence-corrected chi connectivity index (χ1v) is 6.26. The van der Waals surface area contributed by atoms with Gasteiger partial charge >= 0.3 is 0 Å². The van der Waals surface area contributed by atoms with E-state index in [2.05, 4.69) is 48.8 Å². The molecule has 2 atom stereocenters. The molecule has 17 heavy (non-hydrogen) atoms. The maximum atomic E-state index is 5.20. The van der Waals surface area contributed by atoms with Crippen molar-refractivity contribution in [2.24, 2.45) is 5.92 Å². The molecule has 1 N–H and O–H groups in total. The summed E-state index contributed by atoms with van der Waals surface area (Å²) in [6.07, 6.45) is 2.07. The molecule has 0 saturated heterocycles. The molecule has 98 valence electrons. The highest BCUT2D eigenvalue weighted by Gasteiger charge is 2.15. The predicted molar refractivity (Wildman–Crippen MR) is 71.5 cm³/mol. The second kappa shape index (κ2) is 6.05. The normalized spacial score (nSPS) is 15.0. The van der Waals surface area contributed by atoms with Gasteiger partial charge in [0.15, 0.2) is 0 Å². The quantitative estimate of drug-likeness (QED) is 0.829. The average Bonchev–Trinajstić information content (AvgIpc) is 2.59. The number of rotatable bonds is 6. The molecule has 0 aliphatic heterocycles. The van der Waals surface area contributed by atoms with Crippen molar-refractivity contribution in [3.8, 4) is 0 Å². The zero-order chi connectivity index (χ0) is 13.0. The van der Waals surface area contributed by atoms with Gasteiger partial charge in [0.05, 0.1) is 18.3 Å². The van der Waals surface area contributed by atoms with Crippen LogP contribution in [0.3, 0.4) is 0 Å². The Kier molecular flexibility index (Phi) is 5.00. The van der Waals surface area contributed by atoms with Crippen LogP contribution < -0.4 is 5.32 Å². The van der Waals surface area contributed by atoms with Gasteiger partial charge < -0.3 is 14.6 Å². The fourth-order valence-electron chi connectivity index (χ4n) is 1.65. The number of hydrogen-bond donors (Lipinski definition) is 1. The number of nitrogens with zero attached hydrogens (tertiary/aromatic N) is 2. The summed E-state index contributed by atoms with van der Waals surface area (Å²) in [4.78, 5) is 4.53. The molecule has 0 aliphatic rings. The minimum absolute atomic E-state index is 0.295. The highest BCUT2D eigenvalue weighted by Crippen LogP contribution is 2.18. The van der Waals surface area contributed by atoms with Crippen molar-refractivity contribution < 1.29 is 4.74 Å². The van der Waals surface area contributed by atoms with Crippen LogP contribution in [0, 0.1) is 12.8 Å². The van der Waals surface area contributed by atoms with E-state index in [1.807, 2.05) is 6.92 Å². The molecule has 1 aromatic rings. The van der Waals surface area contributed by atoms with Gasteiger partial charge in [0.25, 0.3) is 0 Å². The topological polar surface area (TPSA) is 39.1 Å². The van der Waals surface area contributed by atoms with Gasteiger partial charge in [0.2, 0.25) is 5.95 Å². The minimum atomic E-state index is 0.295. The molecule has 0 fully saturated rings. The van der Waals surface area contributed by atoms with E-state index >= 15 is 0 Å². The lowest BCUT2D eigenvalue weighted by Crippen LogP contribution is -2.25. The first kappa shape index (κ1) is 14.0. The van der Waals surface area contributed by atoms with Crippen LogP contribution in [0.4, 0.5) is 5.95 Å². The van der Waals surface area contributed by atoms with E-state index < -0.39 is 0 Å². The highest BCUT2D eigenvalue weighted by molar-refractivity contribution is 5.31. The molecule has 0 amide bonds. The number of aromatic nitrogens is 2. The fraction of sp³-hybridized carbons (Fsp3) is 0.769. The van der Waals surface area contributed by atoms with E-state index in [0.29, 0.717) is 24.6 Å². The van der Waals surface area contributed by atoms with Crippen molar-refractivity contribution in [2.45, 2.75) is 46.7 Å². The first-order chi connectivity index (χ1) is 7.95. The molecule has 0 radical (unpaired) electrons. The van der Waals surface area contributed by atoms with Gasteiger partial charge in [-0.05, 0) is 26.7 Å². The van der Waals surface area contributed by atoms with Crippen molar-refractivity contribution in [3.63, 3.8) is 0 Å². The standard InChI is InChI=1S/C13H25N3O/c1-9(2)12(5)15-13-14-10(3)7-16(13)11(4)8-17-6/h7,9,11-12H,8H2,1-6H3,(H,14,15). The van der Waals surface area contributed by atoms with Crippen LogP contribution in [0.15, 0.2) is 6.20 Å². The molecule has 4 nitrogen and oxygen atoms in total. The molecule has 0 aliphatic carbocycles. The summed E-state index contributed by atoms with van der Waals surface area (Å²) in [5, 5.41) is 3.47. The molecular formula is C13H25N3O. The van der Waals surface area contributed by atoms with Gasteiger partial charge in [-0.3, -0.25) is 0 Å². The number of aryl methyl sites for hydroxylation is 1. The minimum Gasteiger partial charge on any atom is -0.383 e. The molecule has 1 aromatic heterocycles. The monoisotopic (exact) mass is 239 g/mol. The lowest BCUT2D eigenvalue weighted by molar-refractivity contribution is 0.163. The van der Waals surface area contributed by atoms with E-state index in [1.165, 1.54) is 0 Å². The zero-order valence-electron chi connectivity index (χ0n) is 11.8. The molecule has 0 bridgehead atoms. The lowest BCUT2D eigenvalue weighted by Gasteiger charge is -2.21. The Morgan fingerprint density at radius 1 is 1.35 bits per heavy atom.